The van der Waals surface area contributed by atoms with E-state index in [0.717, 1.165) is 39.1 Å². The Morgan fingerprint density at radius 3 is 2.38 bits per heavy atom. The molecule has 1 fully saturated rings. The molecule has 2 amide bonds. The molecule has 0 unspecified atom stereocenters. The Morgan fingerprint density at radius 2 is 1.65 bits per heavy atom. The van der Waals surface area contributed by atoms with Crippen molar-refractivity contribution in [1.29, 1.82) is 0 Å². The van der Waals surface area contributed by atoms with Crippen molar-refractivity contribution in [3.63, 3.8) is 0 Å². The predicted molar refractivity (Wildman–Crippen MR) is 193 cm³/mol. The molecule has 0 spiro atoms. The van der Waals surface area contributed by atoms with Gasteiger partial charge in [0.2, 0.25) is 5.16 Å². The first kappa shape index (κ1) is 36.5. The summed E-state index contributed by atoms with van der Waals surface area (Å²) in [5.74, 6) is 0.148. The minimum Gasteiger partial charge on any atom is -0.508 e. The maximum absolute atomic E-state index is 12.3. The highest BCUT2D eigenvalue weighted by Gasteiger charge is 2.38. The number of esters is 1. The molecular weight excluding hydrogens is 685 g/mol. The summed E-state index contributed by atoms with van der Waals surface area (Å²) in [4.78, 5) is 23.9. The lowest BCUT2D eigenvalue weighted by molar-refractivity contribution is -0.268. The van der Waals surface area contributed by atoms with Crippen molar-refractivity contribution >= 4 is 23.8 Å². The van der Waals surface area contributed by atoms with Crippen LogP contribution in [-0.4, -0.2) is 67.4 Å². The number of nitrogens with one attached hydrogen (secondary N) is 2. The number of thioether (sulfide) groups is 1. The molecule has 6 rings (SSSR count). The Labute approximate surface area is 305 Å². The van der Waals surface area contributed by atoms with Crippen molar-refractivity contribution in [2.24, 2.45) is 5.92 Å². The van der Waals surface area contributed by atoms with Gasteiger partial charge in [-0.05, 0) is 69.4 Å². The number of ether oxygens (including phenoxy) is 3. The van der Waals surface area contributed by atoms with Gasteiger partial charge in [-0.3, -0.25) is 4.79 Å². The van der Waals surface area contributed by atoms with Gasteiger partial charge in [0.15, 0.2) is 6.29 Å². The van der Waals surface area contributed by atoms with Crippen molar-refractivity contribution in [2.45, 2.75) is 50.7 Å². The van der Waals surface area contributed by atoms with E-state index in [1.807, 2.05) is 72.8 Å². The normalized spacial score (nSPS) is 18.4. The lowest BCUT2D eigenvalue weighted by atomic mass is 9.91. The van der Waals surface area contributed by atoms with Gasteiger partial charge in [0.05, 0.1) is 31.1 Å². The van der Waals surface area contributed by atoms with Gasteiger partial charge in [0.1, 0.15) is 12.3 Å². The van der Waals surface area contributed by atoms with E-state index in [0.29, 0.717) is 10.9 Å². The fourth-order valence-electron chi connectivity index (χ4n) is 5.87. The Morgan fingerprint density at radius 1 is 0.923 bits per heavy atom. The van der Waals surface area contributed by atoms with Gasteiger partial charge in [-0.15, -0.1) is 5.10 Å². The molecule has 52 heavy (non-hydrogen) atoms. The highest BCUT2D eigenvalue weighted by Crippen LogP contribution is 2.43. The smallest absolute Gasteiger partial charge is 0.325 e. The van der Waals surface area contributed by atoms with Gasteiger partial charge in [-0.25, -0.2) is 4.79 Å². The van der Waals surface area contributed by atoms with Crippen LogP contribution in [0.3, 0.4) is 0 Å². The molecule has 5 aromatic rings. The standard InChI is InChI=1S/C38H40N6O7S/c1-3-49-34(47)21-40-37(48)39-20-29-6-4-5-7-32(29)26-12-14-28(15-13-26)36-50-33(24(2)35(51-36)27-10-8-25(22-45)9-11-27)23-52-38-41-42-43-44(38)30-16-18-31(46)19-17-30/h4-19,24,33,35-36,45-46H,3,20-23H2,1-2H3,(H2,39,40,48)/t24-,33+,35+,36+/m0/s1. The largest absolute Gasteiger partial charge is 0.508 e. The van der Waals surface area contributed by atoms with Crippen LogP contribution in [0.2, 0.25) is 0 Å². The maximum atomic E-state index is 12.3. The van der Waals surface area contributed by atoms with Crippen LogP contribution in [0.1, 0.15) is 48.5 Å². The fraction of sp³-hybridized carbons (Fsp3) is 0.289. The third-order valence-corrected chi connectivity index (χ3v) is 9.69. The second-order valence-corrected chi connectivity index (χ2v) is 13.1. The zero-order valence-corrected chi connectivity index (χ0v) is 29.5. The van der Waals surface area contributed by atoms with Crippen LogP contribution < -0.4 is 10.6 Å². The third kappa shape index (κ3) is 8.95. The minimum absolute atomic E-state index is 0.0453. The first-order valence-electron chi connectivity index (χ1n) is 16.9. The first-order chi connectivity index (χ1) is 25.3. The van der Waals surface area contributed by atoms with Gasteiger partial charge in [-0.2, -0.15) is 4.68 Å². The predicted octanol–water partition coefficient (Wildman–Crippen LogP) is 5.47. The minimum atomic E-state index is -0.675. The molecule has 0 bridgehead atoms. The molecule has 4 N–H and O–H groups in total. The van der Waals surface area contributed by atoms with Crippen LogP contribution in [0.15, 0.2) is 102 Å². The van der Waals surface area contributed by atoms with E-state index in [1.54, 1.807) is 35.9 Å². The van der Waals surface area contributed by atoms with E-state index in [-0.39, 0.29) is 50.2 Å². The number of urea groups is 1. The lowest BCUT2D eigenvalue weighted by Gasteiger charge is -2.41. The summed E-state index contributed by atoms with van der Waals surface area (Å²) in [6.45, 7) is 4.06. The number of hydrogen-bond donors (Lipinski definition) is 4. The summed E-state index contributed by atoms with van der Waals surface area (Å²) >= 11 is 1.47. The Bertz CT molecular complexity index is 1940. The number of rotatable bonds is 13. The molecule has 270 valence electrons. The molecule has 4 atom stereocenters. The van der Waals surface area contributed by atoms with Crippen molar-refractivity contribution < 1.29 is 34.0 Å². The molecule has 14 heteroatoms. The highest BCUT2D eigenvalue weighted by atomic mass is 32.2. The lowest BCUT2D eigenvalue weighted by Crippen LogP contribution is -2.38. The summed E-state index contributed by atoms with van der Waals surface area (Å²) < 4.78 is 19.8. The summed E-state index contributed by atoms with van der Waals surface area (Å²) in [6.07, 6.45) is -1.23. The van der Waals surface area contributed by atoms with Gasteiger partial charge in [0, 0.05) is 23.8 Å². The number of carbonyl (C=O) groups is 2. The summed E-state index contributed by atoms with van der Waals surface area (Å²) in [5, 5.41) is 37.5. The summed E-state index contributed by atoms with van der Waals surface area (Å²) in [7, 11) is 0. The monoisotopic (exact) mass is 724 g/mol. The quantitative estimate of drug-likeness (QED) is 0.0897. The number of benzene rings is 4. The van der Waals surface area contributed by atoms with Gasteiger partial charge >= 0.3 is 12.0 Å². The molecule has 2 heterocycles. The summed E-state index contributed by atoms with van der Waals surface area (Å²) in [6, 6.07) is 29.7. The number of nitrogens with zero attached hydrogens (tertiary/aromatic N) is 4. The molecule has 4 aromatic carbocycles. The van der Waals surface area contributed by atoms with Crippen LogP contribution in [0.25, 0.3) is 16.8 Å². The number of tetrazole rings is 1. The molecule has 13 nitrogen and oxygen atoms in total. The number of aromatic nitrogens is 4. The van der Waals surface area contributed by atoms with E-state index < -0.39 is 18.3 Å². The Balaban J connectivity index is 1.19. The van der Waals surface area contributed by atoms with Gasteiger partial charge in [-0.1, -0.05) is 91.5 Å². The molecule has 1 aromatic heterocycles. The first-order valence-corrected chi connectivity index (χ1v) is 17.9. The average molecular weight is 725 g/mol. The molecule has 1 saturated heterocycles. The zero-order chi connectivity index (χ0) is 36.5. The highest BCUT2D eigenvalue weighted by molar-refractivity contribution is 7.99. The van der Waals surface area contributed by atoms with Crippen molar-refractivity contribution in [1.82, 2.24) is 30.8 Å². The molecule has 1 aliphatic heterocycles. The number of aliphatic hydroxyl groups is 1. The van der Waals surface area contributed by atoms with Crippen LogP contribution in [0, 0.1) is 5.92 Å². The molecular formula is C38H40N6O7S. The number of phenolic OH excluding ortho intramolecular Hbond substituents is 1. The average Bonchev–Trinajstić information content (AvgIpc) is 3.65. The maximum Gasteiger partial charge on any atom is 0.325 e. The van der Waals surface area contributed by atoms with Gasteiger partial charge < -0.3 is 35.1 Å². The molecule has 0 radical (unpaired) electrons. The van der Waals surface area contributed by atoms with Crippen molar-refractivity contribution in [3.8, 4) is 22.6 Å². The topological polar surface area (TPSA) is 170 Å². The van der Waals surface area contributed by atoms with Crippen LogP contribution in [0.4, 0.5) is 4.79 Å². The van der Waals surface area contributed by atoms with Crippen LogP contribution in [-0.2, 0) is 32.2 Å². The molecule has 0 saturated carbocycles. The van der Waals surface area contributed by atoms with E-state index in [9.17, 15) is 19.8 Å². The van der Waals surface area contributed by atoms with E-state index in [1.165, 1.54) is 11.8 Å². The van der Waals surface area contributed by atoms with Crippen LogP contribution in [0.5, 0.6) is 5.75 Å². The van der Waals surface area contributed by atoms with E-state index >= 15 is 0 Å². The number of amides is 2. The Hall–Kier alpha value is -5.28. The Kier molecular flexibility index (Phi) is 12.1. The second kappa shape index (κ2) is 17.3. The van der Waals surface area contributed by atoms with Crippen LogP contribution >= 0.6 is 11.8 Å². The third-order valence-electron chi connectivity index (χ3n) is 8.68. The van der Waals surface area contributed by atoms with E-state index in [2.05, 4.69) is 33.1 Å². The van der Waals surface area contributed by atoms with E-state index in [4.69, 9.17) is 14.2 Å². The summed E-state index contributed by atoms with van der Waals surface area (Å²) in [5.41, 5.74) is 6.15. The number of hydrogen-bond acceptors (Lipinski definition) is 11. The zero-order valence-electron chi connectivity index (χ0n) is 28.7. The molecule has 0 aliphatic carbocycles. The van der Waals surface area contributed by atoms with Crippen molar-refractivity contribution in [2.75, 3.05) is 18.9 Å². The SMILES string of the molecule is CCOC(=O)CNC(=O)NCc1ccccc1-c1ccc([C@@H]2O[C@H](CSc3nnnn3-c3ccc(O)cc3)[C@H](C)[C@H](c3ccc(CO)cc3)O2)cc1. The number of aromatic hydroxyl groups is 1. The molecule has 1 aliphatic rings. The number of phenols is 1. The van der Waals surface area contributed by atoms with Gasteiger partial charge in [0.25, 0.3) is 0 Å². The number of carbonyl (C=O) groups excluding carboxylic acids is 2. The second-order valence-electron chi connectivity index (χ2n) is 12.1. The van der Waals surface area contributed by atoms with Crippen molar-refractivity contribution in [3.05, 3.63) is 119 Å². The fourth-order valence-corrected chi connectivity index (χ4v) is 6.92. The number of aliphatic hydroxyl groups excluding tert-OH is 1.